The minimum atomic E-state index is -4.39. The summed E-state index contributed by atoms with van der Waals surface area (Å²) >= 11 is 2.54. The predicted molar refractivity (Wildman–Crippen MR) is 84.8 cm³/mol. The van der Waals surface area contributed by atoms with E-state index in [-0.39, 0.29) is 5.91 Å². The van der Waals surface area contributed by atoms with Crippen LogP contribution in [-0.4, -0.2) is 28.4 Å². The van der Waals surface area contributed by atoms with Crippen LogP contribution < -0.4 is 10.6 Å². The quantitative estimate of drug-likeness (QED) is 0.794. The highest BCUT2D eigenvalue weighted by molar-refractivity contribution is 8.02. The number of hydrogen-bond acceptors (Lipinski definition) is 6. The molecule has 1 amide bonds. The van der Waals surface area contributed by atoms with Gasteiger partial charge in [0.25, 0.3) is 0 Å². The SMILES string of the molecule is CNc1nnc(S[C@@H](C)C(=O)Nc2ccc(C(F)(F)F)cc2)s1. The molecule has 2 aromatic rings. The monoisotopic (exact) mass is 362 g/mol. The second kappa shape index (κ2) is 7.18. The lowest BCUT2D eigenvalue weighted by Crippen LogP contribution is -2.22. The fourth-order valence-corrected chi connectivity index (χ4v) is 3.40. The lowest BCUT2D eigenvalue weighted by atomic mass is 10.2. The van der Waals surface area contributed by atoms with Crippen molar-refractivity contribution in [2.24, 2.45) is 0 Å². The van der Waals surface area contributed by atoms with Gasteiger partial charge in [0.05, 0.1) is 10.8 Å². The average Bonchev–Trinajstić information content (AvgIpc) is 2.94. The molecular formula is C13H13F3N4OS2. The first-order chi connectivity index (χ1) is 10.8. The van der Waals surface area contributed by atoms with Crippen LogP contribution in [0.4, 0.5) is 24.0 Å². The van der Waals surface area contributed by atoms with E-state index in [1.165, 1.54) is 35.2 Å². The molecule has 0 aliphatic carbocycles. The molecule has 0 spiro atoms. The molecular weight excluding hydrogens is 349 g/mol. The van der Waals surface area contributed by atoms with Crippen molar-refractivity contribution >= 4 is 39.8 Å². The fraction of sp³-hybridized carbons (Fsp3) is 0.308. The highest BCUT2D eigenvalue weighted by atomic mass is 32.2. The molecule has 0 saturated heterocycles. The lowest BCUT2D eigenvalue weighted by Gasteiger charge is -2.11. The smallest absolute Gasteiger partial charge is 0.363 e. The number of rotatable bonds is 5. The molecule has 0 radical (unpaired) electrons. The minimum absolute atomic E-state index is 0.309. The van der Waals surface area contributed by atoms with Gasteiger partial charge in [0, 0.05) is 12.7 Å². The molecule has 2 rings (SSSR count). The molecule has 1 atom stereocenters. The molecule has 1 aromatic heterocycles. The zero-order valence-corrected chi connectivity index (χ0v) is 13.8. The molecule has 0 fully saturated rings. The Morgan fingerprint density at radius 2 is 1.91 bits per heavy atom. The van der Waals surface area contributed by atoms with Crippen molar-refractivity contribution in [1.82, 2.24) is 10.2 Å². The molecule has 0 aliphatic heterocycles. The van der Waals surface area contributed by atoms with Crippen molar-refractivity contribution in [2.45, 2.75) is 22.7 Å². The molecule has 1 heterocycles. The standard InChI is InChI=1S/C13H13F3N4OS2/c1-7(22-12-20-19-11(17-2)23-12)10(21)18-9-5-3-8(4-6-9)13(14,15)16/h3-7H,1-2H3,(H,17,19)(H,18,21)/t7-/m0/s1. The van der Waals surface area contributed by atoms with Gasteiger partial charge in [-0.15, -0.1) is 10.2 Å². The van der Waals surface area contributed by atoms with Crippen molar-refractivity contribution in [3.05, 3.63) is 29.8 Å². The van der Waals surface area contributed by atoms with Crippen LogP contribution in [-0.2, 0) is 11.0 Å². The maximum Gasteiger partial charge on any atom is 0.416 e. The minimum Gasteiger partial charge on any atom is -0.363 e. The number of aromatic nitrogens is 2. The summed E-state index contributed by atoms with van der Waals surface area (Å²) in [5, 5.41) is 13.4. The van der Waals surface area contributed by atoms with Crippen LogP contribution in [0.5, 0.6) is 0 Å². The number of nitrogens with one attached hydrogen (secondary N) is 2. The van der Waals surface area contributed by atoms with Crippen molar-refractivity contribution in [1.29, 1.82) is 0 Å². The largest absolute Gasteiger partial charge is 0.416 e. The van der Waals surface area contributed by atoms with Gasteiger partial charge in [0.1, 0.15) is 0 Å². The Kier molecular flexibility index (Phi) is 5.47. The first-order valence-corrected chi connectivity index (χ1v) is 8.15. The van der Waals surface area contributed by atoms with Crippen LogP contribution in [0.15, 0.2) is 28.6 Å². The van der Waals surface area contributed by atoms with Gasteiger partial charge in [0.15, 0.2) is 4.34 Å². The van der Waals surface area contributed by atoms with Gasteiger partial charge in [-0.25, -0.2) is 0 Å². The zero-order chi connectivity index (χ0) is 17.0. The number of nitrogens with zero attached hydrogens (tertiary/aromatic N) is 2. The van der Waals surface area contributed by atoms with E-state index in [1.807, 2.05) is 0 Å². The summed E-state index contributed by atoms with van der Waals surface area (Å²) < 4.78 is 38.1. The maximum absolute atomic E-state index is 12.5. The topological polar surface area (TPSA) is 66.9 Å². The molecule has 124 valence electrons. The Balaban J connectivity index is 1.95. The van der Waals surface area contributed by atoms with Gasteiger partial charge >= 0.3 is 6.18 Å². The van der Waals surface area contributed by atoms with Crippen LogP contribution in [0.2, 0.25) is 0 Å². The summed E-state index contributed by atoms with van der Waals surface area (Å²) in [4.78, 5) is 12.1. The Morgan fingerprint density at radius 1 is 1.26 bits per heavy atom. The fourth-order valence-electron chi connectivity index (χ4n) is 1.55. The molecule has 1 aromatic carbocycles. The summed E-state index contributed by atoms with van der Waals surface area (Å²) in [6.07, 6.45) is -4.39. The highest BCUT2D eigenvalue weighted by Gasteiger charge is 2.30. The number of carbonyl (C=O) groups is 1. The third-order valence-corrected chi connectivity index (χ3v) is 4.87. The van der Waals surface area contributed by atoms with Gasteiger partial charge in [-0.05, 0) is 31.2 Å². The van der Waals surface area contributed by atoms with Crippen molar-refractivity contribution < 1.29 is 18.0 Å². The second-order valence-corrected chi connectivity index (χ2v) is 7.01. The molecule has 0 aliphatic rings. The Labute approximate surface area is 138 Å². The first kappa shape index (κ1) is 17.5. The molecule has 0 unspecified atom stereocenters. The number of hydrogen-bond donors (Lipinski definition) is 2. The summed E-state index contributed by atoms with van der Waals surface area (Å²) in [5.74, 6) is -0.323. The number of halogens is 3. The Bertz CT molecular complexity index is 673. The number of thioether (sulfide) groups is 1. The number of amides is 1. The number of carbonyl (C=O) groups excluding carboxylic acids is 1. The van der Waals surface area contributed by atoms with E-state index in [1.54, 1.807) is 14.0 Å². The molecule has 5 nitrogen and oxygen atoms in total. The van der Waals surface area contributed by atoms with E-state index < -0.39 is 17.0 Å². The Hall–Kier alpha value is -1.81. The number of anilines is 2. The normalized spacial score (nSPS) is 12.7. The summed E-state index contributed by atoms with van der Waals surface area (Å²) in [6.45, 7) is 1.69. The number of benzene rings is 1. The highest BCUT2D eigenvalue weighted by Crippen LogP contribution is 2.31. The summed E-state index contributed by atoms with van der Waals surface area (Å²) in [6, 6.07) is 4.30. The first-order valence-electron chi connectivity index (χ1n) is 6.45. The van der Waals surface area contributed by atoms with E-state index in [0.717, 1.165) is 12.1 Å². The van der Waals surface area contributed by atoms with Crippen LogP contribution in [0, 0.1) is 0 Å². The van der Waals surface area contributed by atoms with E-state index in [4.69, 9.17) is 0 Å². The van der Waals surface area contributed by atoms with Gasteiger partial charge in [-0.1, -0.05) is 23.1 Å². The summed E-state index contributed by atoms with van der Waals surface area (Å²) in [7, 11) is 1.72. The van der Waals surface area contributed by atoms with Crippen molar-refractivity contribution in [3.63, 3.8) is 0 Å². The molecule has 2 N–H and O–H groups in total. The van der Waals surface area contributed by atoms with Crippen LogP contribution >= 0.6 is 23.1 Å². The zero-order valence-electron chi connectivity index (χ0n) is 12.1. The third-order valence-electron chi connectivity index (χ3n) is 2.75. The molecule has 0 bridgehead atoms. The lowest BCUT2D eigenvalue weighted by molar-refractivity contribution is -0.137. The van der Waals surface area contributed by atoms with Gasteiger partial charge in [-0.3, -0.25) is 4.79 Å². The second-order valence-electron chi connectivity index (χ2n) is 4.45. The van der Waals surface area contributed by atoms with E-state index in [9.17, 15) is 18.0 Å². The summed E-state index contributed by atoms with van der Waals surface area (Å²) in [5.41, 5.74) is -0.449. The van der Waals surface area contributed by atoms with Gasteiger partial charge in [-0.2, -0.15) is 13.2 Å². The van der Waals surface area contributed by atoms with Gasteiger partial charge in [0.2, 0.25) is 11.0 Å². The molecule has 0 saturated carbocycles. The van der Waals surface area contributed by atoms with Gasteiger partial charge < -0.3 is 10.6 Å². The predicted octanol–water partition coefficient (Wildman–Crippen LogP) is 3.72. The van der Waals surface area contributed by atoms with Crippen LogP contribution in [0.3, 0.4) is 0 Å². The molecule has 10 heteroatoms. The number of alkyl halides is 3. The molecule has 23 heavy (non-hydrogen) atoms. The van der Waals surface area contributed by atoms with E-state index in [0.29, 0.717) is 15.2 Å². The van der Waals surface area contributed by atoms with Crippen molar-refractivity contribution in [2.75, 3.05) is 17.7 Å². The van der Waals surface area contributed by atoms with E-state index in [2.05, 4.69) is 20.8 Å². The van der Waals surface area contributed by atoms with E-state index >= 15 is 0 Å². The van der Waals surface area contributed by atoms with Crippen LogP contribution in [0.25, 0.3) is 0 Å². The average molecular weight is 362 g/mol. The maximum atomic E-state index is 12.5. The third kappa shape index (κ3) is 4.83. The Morgan fingerprint density at radius 3 is 2.43 bits per heavy atom. The van der Waals surface area contributed by atoms with Crippen molar-refractivity contribution in [3.8, 4) is 0 Å². The van der Waals surface area contributed by atoms with Crippen LogP contribution in [0.1, 0.15) is 12.5 Å².